The van der Waals surface area contributed by atoms with Crippen LogP contribution in [0.15, 0.2) is 18.2 Å². The van der Waals surface area contributed by atoms with Gasteiger partial charge in [0.15, 0.2) is 6.29 Å². The van der Waals surface area contributed by atoms with E-state index in [-0.39, 0.29) is 0 Å². The van der Waals surface area contributed by atoms with Crippen LogP contribution in [0.25, 0.3) is 10.9 Å². The Labute approximate surface area is 87.5 Å². The number of nitrogens with one attached hydrogen (secondary N) is 2. The topological polar surface area (TPSA) is 44.9 Å². The first-order chi connectivity index (χ1) is 7.40. The second-order valence-electron chi connectivity index (χ2n) is 3.90. The molecular formula is C12H12N2O. The number of fused-ring (bicyclic) bond motifs is 3. The number of aromatic nitrogens is 1. The van der Waals surface area contributed by atoms with Gasteiger partial charge in [-0.25, -0.2) is 0 Å². The van der Waals surface area contributed by atoms with E-state index < -0.39 is 0 Å². The molecule has 2 N–H and O–H groups in total. The summed E-state index contributed by atoms with van der Waals surface area (Å²) in [6.07, 6.45) is 1.94. The minimum absolute atomic E-state index is 0.798. The molecule has 0 saturated carbocycles. The van der Waals surface area contributed by atoms with Crippen molar-refractivity contribution < 1.29 is 4.79 Å². The number of carbonyl (C=O) groups excluding carboxylic acids is 1. The molecule has 0 aliphatic carbocycles. The fourth-order valence-corrected chi connectivity index (χ4v) is 2.35. The Balaban J connectivity index is 2.38. The molecule has 3 nitrogen and oxygen atoms in total. The molecule has 1 aromatic carbocycles. The van der Waals surface area contributed by atoms with Crippen LogP contribution in [0.1, 0.15) is 21.6 Å². The summed E-state index contributed by atoms with van der Waals surface area (Å²) in [5, 5.41) is 4.43. The van der Waals surface area contributed by atoms with Gasteiger partial charge in [0.05, 0.1) is 0 Å². The number of rotatable bonds is 1. The molecule has 0 radical (unpaired) electrons. The van der Waals surface area contributed by atoms with E-state index in [1.165, 1.54) is 11.3 Å². The highest BCUT2D eigenvalue weighted by Crippen LogP contribution is 2.27. The van der Waals surface area contributed by atoms with E-state index in [2.05, 4.69) is 10.3 Å². The van der Waals surface area contributed by atoms with E-state index in [4.69, 9.17) is 0 Å². The number of aldehydes is 1. The zero-order chi connectivity index (χ0) is 10.3. The number of hydrogen-bond donors (Lipinski definition) is 2. The van der Waals surface area contributed by atoms with Crippen molar-refractivity contribution >= 4 is 17.2 Å². The Kier molecular flexibility index (Phi) is 1.86. The smallest absolute Gasteiger partial charge is 0.150 e. The van der Waals surface area contributed by atoms with Gasteiger partial charge in [0, 0.05) is 28.7 Å². The van der Waals surface area contributed by atoms with Gasteiger partial charge in [-0.2, -0.15) is 0 Å². The molecule has 2 aromatic rings. The van der Waals surface area contributed by atoms with Crippen molar-refractivity contribution in [1.82, 2.24) is 10.3 Å². The Morgan fingerprint density at radius 1 is 1.33 bits per heavy atom. The molecule has 0 saturated heterocycles. The lowest BCUT2D eigenvalue weighted by Gasteiger charge is -2.12. The normalized spacial score (nSPS) is 15.2. The molecular weight excluding hydrogens is 188 g/mol. The molecule has 3 heteroatoms. The van der Waals surface area contributed by atoms with Crippen molar-refractivity contribution in [2.45, 2.75) is 13.0 Å². The second kappa shape index (κ2) is 3.21. The Morgan fingerprint density at radius 2 is 2.27 bits per heavy atom. The molecule has 0 fully saturated rings. The minimum Gasteiger partial charge on any atom is -0.357 e. The predicted molar refractivity (Wildman–Crippen MR) is 59.1 cm³/mol. The van der Waals surface area contributed by atoms with Crippen LogP contribution in [0, 0.1) is 0 Å². The lowest BCUT2D eigenvalue weighted by atomic mass is 10.0. The van der Waals surface area contributed by atoms with E-state index in [1.54, 1.807) is 0 Å². The maximum atomic E-state index is 11.0. The first kappa shape index (κ1) is 8.68. The molecule has 15 heavy (non-hydrogen) atoms. The quantitative estimate of drug-likeness (QED) is 0.687. The second-order valence-corrected chi connectivity index (χ2v) is 3.90. The molecule has 3 rings (SSSR count). The molecule has 0 amide bonds. The molecule has 0 spiro atoms. The van der Waals surface area contributed by atoms with Crippen LogP contribution >= 0.6 is 0 Å². The van der Waals surface area contributed by atoms with Gasteiger partial charge < -0.3 is 10.3 Å². The summed E-state index contributed by atoms with van der Waals surface area (Å²) in [6, 6.07) is 5.83. The standard InChI is InChI=1S/C12H12N2O/c15-7-8-2-1-3-10-12(8)9-4-5-13-6-11(9)14-10/h1-3,7,13-14H,4-6H2. The average Bonchev–Trinajstić information content (AvgIpc) is 2.67. The summed E-state index contributed by atoms with van der Waals surface area (Å²) in [5.74, 6) is 0. The van der Waals surface area contributed by atoms with Crippen LogP contribution in [0.3, 0.4) is 0 Å². The SMILES string of the molecule is O=Cc1cccc2[nH]c3c(c12)CCNC3. The molecule has 1 aromatic heterocycles. The maximum Gasteiger partial charge on any atom is 0.150 e. The van der Waals surface area contributed by atoms with Gasteiger partial charge in [-0.1, -0.05) is 12.1 Å². The largest absolute Gasteiger partial charge is 0.357 e. The number of hydrogen-bond acceptors (Lipinski definition) is 2. The van der Waals surface area contributed by atoms with E-state index in [0.29, 0.717) is 0 Å². The van der Waals surface area contributed by atoms with Crippen molar-refractivity contribution in [3.8, 4) is 0 Å². The van der Waals surface area contributed by atoms with E-state index in [9.17, 15) is 4.79 Å². The summed E-state index contributed by atoms with van der Waals surface area (Å²) in [7, 11) is 0. The van der Waals surface area contributed by atoms with Gasteiger partial charge in [0.2, 0.25) is 0 Å². The van der Waals surface area contributed by atoms with Crippen molar-refractivity contribution in [1.29, 1.82) is 0 Å². The lowest BCUT2D eigenvalue weighted by Crippen LogP contribution is -2.23. The molecule has 76 valence electrons. The monoisotopic (exact) mass is 200 g/mol. The van der Waals surface area contributed by atoms with Crippen molar-refractivity contribution in [2.24, 2.45) is 0 Å². The summed E-state index contributed by atoms with van der Waals surface area (Å²) in [5.41, 5.74) is 4.41. The third kappa shape index (κ3) is 1.20. The number of carbonyl (C=O) groups is 1. The van der Waals surface area contributed by atoms with Crippen LogP contribution in [0.5, 0.6) is 0 Å². The first-order valence-corrected chi connectivity index (χ1v) is 5.18. The van der Waals surface area contributed by atoms with Crippen LogP contribution in [-0.4, -0.2) is 17.8 Å². The van der Waals surface area contributed by atoms with Gasteiger partial charge in [0.1, 0.15) is 0 Å². The van der Waals surface area contributed by atoms with Crippen molar-refractivity contribution in [3.63, 3.8) is 0 Å². The highest BCUT2D eigenvalue weighted by molar-refractivity contribution is 5.99. The molecule has 1 aliphatic rings. The van der Waals surface area contributed by atoms with Gasteiger partial charge in [-0.05, 0) is 24.6 Å². The van der Waals surface area contributed by atoms with Crippen LogP contribution in [0.4, 0.5) is 0 Å². The Morgan fingerprint density at radius 3 is 3.13 bits per heavy atom. The van der Waals surface area contributed by atoms with E-state index in [1.807, 2.05) is 18.2 Å². The summed E-state index contributed by atoms with van der Waals surface area (Å²) in [4.78, 5) is 14.3. The number of H-pyrrole nitrogens is 1. The maximum absolute atomic E-state index is 11.0. The third-order valence-electron chi connectivity index (χ3n) is 3.03. The summed E-state index contributed by atoms with van der Waals surface area (Å²) < 4.78 is 0. The van der Waals surface area contributed by atoms with E-state index in [0.717, 1.165) is 42.3 Å². The van der Waals surface area contributed by atoms with Gasteiger partial charge >= 0.3 is 0 Å². The fourth-order valence-electron chi connectivity index (χ4n) is 2.35. The average molecular weight is 200 g/mol. The summed E-state index contributed by atoms with van der Waals surface area (Å²) >= 11 is 0. The van der Waals surface area contributed by atoms with Crippen molar-refractivity contribution in [2.75, 3.05) is 6.54 Å². The lowest BCUT2D eigenvalue weighted by molar-refractivity contribution is 0.112. The zero-order valence-corrected chi connectivity index (χ0v) is 8.34. The van der Waals surface area contributed by atoms with Crippen molar-refractivity contribution in [3.05, 3.63) is 35.0 Å². The molecule has 0 unspecified atom stereocenters. The zero-order valence-electron chi connectivity index (χ0n) is 8.34. The minimum atomic E-state index is 0.798. The Bertz CT molecular complexity index is 528. The molecule has 0 bridgehead atoms. The first-order valence-electron chi connectivity index (χ1n) is 5.18. The highest BCUT2D eigenvalue weighted by atomic mass is 16.1. The number of aromatic amines is 1. The fraction of sp³-hybridized carbons (Fsp3) is 0.250. The number of benzene rings is 1. The molecule has 0 atom stereocenters. The van der Waals surface area contributed by atoms with Gasteiger partial charge in [-0.3, -0.25) is 4.79 Å². The van der Waals surface area contributed by atoms with Crippen LogP contribution in [0.2, 0.25) is 0 Å². The van der Waals surface area contributed by atoms with E-state index >= 15 is 0 Å². The van der Waals surface area contributed by atoms with Crippen LogP contribution < -0.4 is 5.32 Å². The summed E-state index contributed by atoms with van der Waals surface area (Å²) in [6.45, 7) is 1.87. The van der Waals surface area contributed by atoms with Crippen LogP contribution in [-0.2, 0) is 13.0 Å². The van der Waals surface area contributed by atoms with Gasteiger partial charge in [0.25, 0.3) is 0 Å². The molecule has 2 heterocycles. The van der Waals surface area contributed by atoms with Gasteiger partial charge in [-0.15, -0.1) is 0 Å². The molecule has 1 aliphatic heterocycles. The third-order valence-corrected chi connectivity index (χ3v) is 3.03. The highest BCUT2D eigenvalue weighted by Gasteiger charge is 2.16. The Hall–Kier alpha value is -1.61. The predicted octanol–water partition coefficient (Wildman–Crippen LogP) is 1.63.